The Morgan fingerprint density at radius 2 is 1.91 bits per heavy atom. The van der Waals surface area contributed by atoms with Gasteiger partial charge in [0.2, 0.25) is 5.91 Å². The van der Waals surface area contributed by atoms with Gasteiger partial charge in [-0.05, 0) is 42.9 Å². The van der Waals surface area contributed by atoms with Crippen LogP contribution in [-0.2, 0) is 11.2 Å². The second-order valence-corrected chi connectivity index (χ2v) is 7.04. The lowest BCUT2D eigenvalue weighted by atomic mass is 9.96. The smallest absolute Gasteiger partial charge is 0.225 e. The predicted octanol–water partition coefficient (Wildman–Crippen LogP) is 3.03. The average molecular weight is 319 g/mol. The second-order valence-electron chi connectivity index (χ2n) is 7.04. The number of methoxy groups -OCH3 is 1. The number of nitrogens with zero attached hydrogens (tertiary/aromatic N) is 1. The van der Waals surface area contributed by atoms with E-state index >= 15 is 0 Å². The summed E-state index contributed by atoms with van der Waals surface area (Å²) in [7, 11) is 3.50. The van der Waals surface area contributed by atoms with Crippen LogP contribution in [0.3, 0.4) is 0 Å². The summed E-state index contributed by atoms with van der Waals surface area (Å²) in [5.74, 6) is 1.28. The minimum absolute atomic E-state index is 0.0518. The molecular formula is C19H29NO3. The molecule has 1 amide bonds. The van der Waals surface area contributed by atoms with Gasteiger partial charge in [0.05, 0.1) is 19.1 Å². The maximum atomic E-state index is 12.3. The molecule has 128 valence electrons. The molecule has 0 aromatic heterocycles. The number of aliphatic hydroxyl groups is 1. The summed E-state index contributed by atoms with van der Waals surface area (Å²) in [6.45, 7) is 2.86. The van der Waals surface area contributed by atoms with Crippen LogP contribution in [0.4, 0.5) is 0 Å². The van der Waals surface area contributed by atoms with Gasteiger partial charge in [-0.2, -0.15) is 0 Å². The van der Waals surface area contributed by atoms with Gasteiger partial charge in [0.1, 0.15) is 5.75 Å². The van der Waals surface area contributed by atoms with Crippen molar-refractivity contribution in [2.24, 2.45) is 5.92 Å². The number of carbonyl (C=O) groups is 1. The third-order valence-electron chi connectivity index (χ3n) is 4.77. The number of amides is 1. The van der Waals surface area contributed by atoms with Crippen molar-refractivity contribution in [2.45, 2.75) is 51.0 Å². The molecule has 1 N–H and O–H groups in total. The molecule has 1 unspecified atom stereocenters. The van der Waals surface area contributed by atoms with Crippen LogP contribution in [0.25, 0.3) is 0 Å². The highest BCUT2D eigenvalue weighted by Crippen LogP contribution is 2.32. The molecule has 1 saturated carbocycles. The molecule has 0 saturated heterocycles. The molecular weight excluding hydrogens is 290 g/mol. The molecule has 0 radical (unpaired) electrons. The molecule has 4 nitrogen and oxygen atoms in total. The highest BCUT2D eigenvalue weighted by Gasteiger charge is 2.34. The Labute approximate surface area is 139 Å². The molecule has 2 rings (SSSR count). The Bertz CT molecular complexity index is 506. The molecule has 0 aliphatic heterocycles. The molecule has 0 heterocycles. The van der Waals surface area contributed by atoms with Gasteiger partial charge in [-0.15, -0.1) is 0 Å². The Morgan fingerprint density at radius 3 is 2.48 bits per heavy atom. The summed E-state index contributed by atoms with van der Waals surface area (Å²) < 4.78 is 5.17. The zero-order valence-electron chi connectivity index (χ0n) is 14.5. The summed E-state index contributed by atoms with van der Waals surface area (Å²) in [6, 6.07) is 8.07. The number of ether oxygens (including phenoxy) is 1. The van der Waals surface area contributed by atoms with Gasteiger partial charge in [-0.1, -0.05) is 31.9 Å². The molecule has 1 aliphatic carbocycles. The second kappa shape index (κ2) is 7.82. The maximum absolute atomic E-state index is 12.3. The van der Waals surface area contributed by atoms with Crippen molar-refractivity contribution >= 4 is 5.91 Å². The lowest BCUT2D eigenvalue weighted by molar-refractivity contribution is -0.135. The Morgan fingerprint density at radius 1 is 1.30 bits per heavy atom. The lowest BCUT2D eigenvalue weighted by Gasteiger charge is -2.27. The maximum Gasteiger partial charge on any atom is 0.225 e. The normalized spacial score (nSPS) is 17.7. The minimum Gasteiger partial charge on any atom is -0.497 e. The van der Waals surface area contributed by atoms with E-state index in [1.807, 2.05) is 19.2 Å². The van der Waals surface area contributed by atoms with Gasteiger partial charge >= 0.3 is 0 Å². The van der Waals surface area contributed by atoms with Gasteiger partial charge < -0.3 is 14.7 Å². The highest BCUT2D eigenvalue weighted by molar-refractivity contribution is 5.77. The van der Waals surface area contributed by atoms with Crippen molar-refractivity contribution in [3.05, 3.63) is 29.8 Å². The monoisotopic (exact) mass is 319 g/mol. The van der Waals surface area contributed by atoms with Gasteiger partial charge in [-0.3, -0.25) is 4.79 Å². The van der Waals surface area contributed by atoms with Crippen LogP contribution >= 0.6 is 0 Å². The van der Waals surface area contributed by atoms with Crippen LogP contribution in [-0.4, -0.2) is 42.2 Å². The van der Waals surface area contributed by atoms with Crippen molar-refractivity contribution in [3.8, 4) is 5.75 Å². The van der Waals surface area contributed by atoms with E-state index in [1.165, 1.54) is 5.56 Å². The van der Waals surface area contributed by atoms with Crippen LogP contribution in [0.1, 0.15) is 44.6 Å². The number of rotatable bonds is 7. The van der Waals surface area contributed by atoms with E-state index in [1.54, 1.807) is 12.0 Å². The molecule has 1 fully saturated rings. The molecule has 0 bridgehead atoms. The Balaban J connectivity index is 1.81. The number of hydrogen-bond donors (Lipinski definition) is 1. The van der Waals surface area contributed by atoms with E-state index in [4.69, 9.17) is 4.74 Å². The molecule has 4 heteroatoms. The van der Waals surface area contributed by atoms with E-state index in [-0.39, 0.29) is 12.3 Å². The van der Waals surface area contributed by atoms with Crippen molar-refractivity contribution in [1.29, 1.82) is 0 Å². The number of benzene rings is 1. The van der Waals surface area contributed by atoms with E-state index in [0.29, 0.717) is 12.5 Å². The standard InChI is InChI=1S/C19H29NO3/c1-15(12-16-6-8-17(23-3)9-7-16)14-20(2)18(21)13-19(22)10-4-5-11-19/h6-9,15,22H,4-5,10-14H2,1-3H3. The van der Waals surface area contributed by atoms with Crippen LogP contribution in [0, 0.1) is 5.92 Å². The quantitative estimate of drug-likeness (QED) is 0.840. The predicted molar refractivity (Wildman–Crippen MR) is 91.5 cm³/mol. The first-order chi connectivity index (χ1) is 10.9. The molecule has 1 aromatic carbocycles. The van der Waals surface area contributed by atoms with Crippen molar-refractivity contribution in [1.82, 2.24) is 4.90 Å². The van der Waals surface area contributed by atoms with Crippen LogP contribution in [0.5, 0.6) is 5.75 Å². The summed E-state index contributed by atoms with van der Waals surface area (Å²) in [5, 5.41) is 10.4. The third kappa shape index (κ3) is 5.24. The van der Waals surface area contributed by atoms with Gasteiger partial charge in [0.15, 0.2) is 0 Å². The average Bonchev–Trinajstić information content (AvgIpc) is 2.94. The van der Waals surface area contributed by atoms with Gasteiger partial charge in [0.25, 0.3) is 0 Å². The SMILES string of the molecule is COc1ccc(CC(C)CN(C)C(=O)CC2(O)CCCC2)cc1. The van der Waals surface area contributed by atoms with Crippen LogP contribution in [0.15, 0.2) is 24.3 Å². The summed E-state index contributed by atoms with van der Waals surface area (Å²) in [6.07, 6.45) is 4.76. The summed E-state index contributed by atoms with van der Waals surface area (Å²) in [5.41, 5.74) is 0.485. The van der Waals surface area contributed by atoms with Crippen LogP contribution in [0.2, 0.25) is 0 Å². The molecule has 23 heavy (non-hydrogen) atoms. The molecule has 1 aromatic rings. The van der Waals surface area contributed by atoms with E-state index in [0.717, 1.165) is 37.9 Å². The third-order valence-corrected chi connectivity index (χ3v) is 4.77. The largest absolute Gasteiger partial charge is 0.497 e. The Hall–Kier alpha value is -1.55. The summed E-state index contributed by atoms with van der Waals surface area (Å²) >= 11 is 0. The van der Waals surface area contributed by atoms with E-state index in [9.17, 15) is 9.90 Å². The van der Waals surface area contributed by atoms with E-state index in [2.05, 4.69) is 19.1 Å². The molecule has 0 spiro atoms. The van der Waals surface area contributed by atoms with Gasteiger partial charge in [-0.25, -0.2) is 0 Å². The first-order valence-corrected chi connectivity index (χ1v) is 8.51. The van der Waals surface area contributed by atoms with Crippen molar-refractivity contribution < 1.29 is 14.6 Å². The zero-order chi connectivity index (χ0) is 16.9. The fourth-order valence-electron chi connectivity index (χ4n) is 3.42. The first-order valence-electron chi connectivity index (χ1n) is 8.51. The lowest BCUT2D eigenvalue weighted by Crippen LogP contribution is -2.38. The topological polar surface area (TPSA) is 49.8 Å². The Kier molecular flexibility index (Phi) is 6.05. The minimum atomic E-state index is -0.759. The highest BCUT2D eigenvalue weighted by atomic mass is 16.5. The molecule has 1 atom stereocenters. The number of hydrogen-bond acceptors (Lipinski definition) is 3. The van der Waals surface area contributed by atoms with Crippen LogP contribution < -0.4 is 4.74 Å². The molecule has 1 aliphatic rings. The van der Waals surface area contributed by atoms with Crippen molar-refractivity contribution in [2.75, 3.05) is 20.7 Å². The fourth-order valence-corrected chi connectivity index (χ4v) is 3.42. The first kappa shape index (κ1) is 17.8. The van der Waals surface area contributed by atoms with Gasteiger partial charge in [0, 0.05) is 13.6 Å². The number of carbonyl (C=O) groups excluding carboxylic acids is 1. The van der Waals surface area contributed by atoms with E-state index < -0.39 is 5.60 Å². The van der Waals surface area contributed by atoms with Crippen molar-refractivity contribution in [3.63, 3.8) is 0 Å². The summed E-state index contributed by atoms with van der Waals surface area (Å²) in [4.78, 5) is 14.1. The zero-order valence-corrected chi connectivity index (χ0v) is 14.5. The fraction of sp³-hybridized carbons (Fsp3) is 0.632.